The summed E-state index contributed by atoms with van der Waals surface area (Å²) >= 11 is 0. The van der Waals surface area contributed by atoms with Crippen LogP contribution in [0.5, 0.6) is 0 Å². The number of nitrogens with one attached hydrogen (secondary N) is 1. The lowest BCUT2D eigenvalue weighted by atomic mass is 9.98. The Kier molecular flexibility index (Phi) is 5.22. The molecule has 0 aliphatic carbocycles. The maximum atomic E-state index is 11.9. The molecule has 1 aliphatic heterocycles. The molecule has 1 aliphatic rings. The summed E-state index contributed by atoms with van der Waals surface area (Å²) in [4.78, 5) is 14.0. The zero-order valence-corrected chi connectivity index (χ0v) is 10.6. The van der Waals surface area contributed by atoms with Gasteiger partial charge < -0.3 is 10.4 Å². The van der Waals surface area contributed by atoms with E-state index in [1.54, 1.807) is 0 Å². The lowest BCUT2D eigenvalue weighted by Crippen LogP contribution is -2.57. The maximum absolute atomic E-state index is 11.9. The Hall–Kier alpha value is -0.610. The van der Waals surface area contributed by atoms with Crippen LogP contribution in [0, 0.1) is 5.92 Å². The number of hydrogen-bond donors (Lipinski definition) is 2. The number of carbonyl (C=O) groups is 1. The quantitative estimate of drug-likeness (QED) is 0.700. The average Bonchev–Trinajstić information content (AvgIpc) is 2.23. The molecule has 0 aromatic carbocycles. The molecule has 0 radical (unpaired) electrons. The number of carbonyl (C=O) groups excluding carboxylic acids is 1. The van der Waals surface area contributed by atoms with Crippen molar-refractivity contribution in [1.82, 2.24) is 10.2 Å². The van der Waals surface area contributed by atoms with Gasteiger partial charge in [0.1, 0.15) is 0 Å². The van der Waals surface area contributed by atoms with Crippen molar-refractivity contribution >= 4 is 5.91 Å². The van der Waals surface area contributed by atoms with E-state index in [0.29, 0.717) is 12.0 Å². The van der Waals surface area contributed by atoms with Crippen LogP contribution in [-0.4, -0.2) is 47.7 Å². The normalized spacial score (nSPS) is 19.6. The van der Waals surface area contributed by atoms with Crippen molar-refractivity contribution < 1.29 is 9.90 Å². The first-order chi connectivity index (χ1) is 7.62. The Bertz CT molecular complexity index is 223. The first kappa shape index (κ1) is 13.5. The second-order valence-electron chi connectivity index (χ2n) is 4.70. The SMILES string of the molecule is CCC(CC)NC(=O)C(C)N1CC(CO)C1. The predicted octanol–water partition coefficient (Wildman–Crippen LogP) is 0.604. The van der Waals surface area contributed by atoms with Crippen molar-refractivity contribution in [2.24, 2.45) is 5.92 Å². The van der Waals surface area contributed by atoms with Gasteiger partial charge in [-0.3, -0.25) is 9.69 Å². The van der Waals surface area contributed by atoms with E-state index in [9.17, 15) is 4.79 Å². The monoisotopic (exact) mass is 228 g/mol. The summed E-state index contributed by atoms with van der Waals surface area (Å²) < 4.78 is 0. The van der Waals surface area contributed by atoms with E-state index in [-0.39, 0.29) is 18.6 Å². The molecule has 0 spiro atoms. The fourth-order valence-corrected chi connectivity index (χ4v) is 2.02. The second kappa shape index (κ2) is 6.21. The molecule has 1 fully saturated rings. The molecular weight excluding hydrogens is 204 g/mol. The first-order valence-electron chi connectivity index (χ1n) is 6.27. The summed E-state index contributed by atoms with van der Waals surface area (Å²) in [6.07, 6.45) is 1.96. The van der Waals surface area contributed by atoms with Crippen LogP contribution in [0.4, 0.5) is 0 Å². The molecule has 1 heterocycles. The third-order valence-electron chi connectivity index (χ3n) is 3.50. The van der Waals surface area contributed by atoms with Gasteiger partial charge in [0.15, 0.2) is 0 Å². The Morgan fingerprint density at radius 1 is 1.44 bits per heavy atom. The number of rotatable bonds is 6. The highest BCUT2D eigenvalue weighted by atomic mass is 16.3. The van der Waals surface area contributed by atoms with Gasteiger partial charge in [-0.15, -0.1) is 0 Å². The van der Waals surface area contributed by atoms with Gasteiger partial charge in [-0.1, -0.05) is 13.8 Å². The number of aliphatic hydroxyl groups excluding tert-OH is 1. The van der Waals surface area contributed by atoms with E-state index in [0.717, 1.165) is 25.9 Å². The van der Waals surface area contributed by atoms with Gasteiger partial charge in [0, 0.05) is 31.7 Å². The van der Waals surface area contributed by atoms with Crippen LogP contribution in [0.1, 0.15) is 33.6 Å². The molecule has 1 amide bonds. The minimum Gasteiger partial charge on any atom is -0.396 e. The summed E-state index contributed by atoms with van der Waals surface area (Å²) in [7, 11) is 0. The molecule has 16 heavy (non-hydrogen) atoms. The smallest absolute Gasteiger partial charge is 0.237 e. The minimum absolute atomic E-state index is 0.0663. The number of aliphatic hydroxyl groups is 1. The molecule has 0 aromatic heterocycles. The van der Waals surface area contributed by atoms with E-state index in [4.69, 9.17) is 5.11 Å². The minimum atomic E-state index is -0.0663. The van der Waals surface area contributed by atoms with Crippen LogP contribution in [0.2, 0.25) is 0 Å². The summed E-state index contributed by atoms with van der Waals surface area (Å²) in [5.74, 6) is 0.480. The van der Waals surface area contributed by atoms with Crippen molar-refractivity contribution in [1.29, 1.82) is 0 Å². The van der Waals surface area contributed by atoms with Gasteiger partial charge in [-0.25, -0.2) is 0 Å². The van der Waals surface area contributed by atoms with Gasteiger partial charge in [0.25, 0.3) is 0 Å². The second-order valence-corrected chi connectivity index (χ2v) is 4.70. The zero-order chi connectivity index (χ0) is 12.1. The van der Waals surface area contributed by atoms with Gasteiger partial charge in [-0.05, 0) is 19.8 Å². The number of likely N-dealkylation sites (tertiary alicyclic amines) is 1. The molecule has 0 saturated carbocycles. The van der Waals surface area contributed by atoms with Crippen molar-refractivity contribution in [3.8, 4) is 0 Å². The Balaban J connectivity index is 2.31. The summed E-state index contributed by atoms with van der Waals surface area (Å²) in [5, 5.41) is 12.0. The van der Waals surface area contributed by atoms with Gasteiger partial charge in [0.05, 0.1) is 6.04 Å². The Morgan fingerprint density at radius 3 is 2.44 bits per heavy atom. The summed E-state index contributed by atoms with van der Waals surface area (Å²) in [5.41, 5.74) is 0. The molecule has 1 unspecified atom stereocenters. The molecule has 1 atom stereocenters. The van der Waals surface area contributed by atoms with Gasteiger partial charge >= 0.3 is 0 Å². The fourth-order valence-electron chi connectivity index (χ4n) is 2.02. The zero-order valence-electron chi connectivity index (χ0n) is 10.6. The van der Waals surface area contributed by atoms with Crippen molar-refractivity contribution in [3.05, 3.63) is 0 Å². The third-order valence-corrected chi connectivity index (χ3v) is 3.50. The Labute approximate surface area is 98.0 Å². The van der Waals surface area contributed by atoms with Crippen molar-refractivity contribution in [2.45, 2.75) is 45.7 Å². The largest absolute Gasteiger partial charge is 0.396 e. The van der Waals surface area contributed by atoms with E-state index in [2.05, 4.69) is 24.1 Å². The highest BCUT2D eigenvalue weighted by Crippen LogP contribution is 2.18. The molecule has 1 rings (SSSR count). The van der Waals surface area contributed by atoms with Crippen LogP contribution in [0.25, 0.3) is 0 Å². The first-order valence-corrected chi connectivity index (χ1v) is 6.27. The standard InChI is InChI=1S/C12H24N2O2/c1-4-11(5-2)13-12(16)9(3)14-6-10(7-14)8-15/h9-11,15H,4-8H2,1-3H3,(H,13,16). The van der Waals surface area contributed by atoms with Crippen LogP contribution in [0.3, 0.4) is 0 Å². The topological polar surface area (TPSA) is 52.6 Å². The van der Waals surface area contributed by atoms with Crippen LogP contribution < -0.4 is 5.32 Å². The summed E-state index contributed by atoms with van der Waals surface area (Å²) in [6, 6.07) is 0.230. The fraction of sp³-hybridized carbons (Fsp3) is 0.917. The van der Waals surface area contributed by atoms with Crippen molar-refractivity contribution in [3.63, 3.8) is 0 Å². The highest BCUT2D eigenvalue weighted by Gasteiger charge is 2.33. The molecule has 94 valence electrons. The van der Waals surface area contributed by atoms with Gasteiger partial charge in [-0.2, -0.15) is 0 Å². The number of amides is 1. The van der Waals surface area contributed by atoms with Crippen LogP contribution >= 0.6 is 0 Å². The van der Waals surface area contributed by atoms with Crippen LogP contribution in [-0.2, 0) is 4.79 Å². The van der Waals surface area contributed by atoms with Crippen molar-refractivity contribution in [2.75, 3.05) is 19.7 Å². The lowest BCUT2D eigenvalue weighted by molar-refractivity contribution is -0.129. The van der Waals surface area contributed by atoms with E-state index in [1.165, 1.54) is 0 Å². The van der Waals surface area contributed by atoms with Crippen LogP contribution in [0.15, 0.2) is 0 Å². The number of hydrogen-bond acceptors (Lipinski definition) is 3. The van der Waals surface area contributed by atoms with E-state index >= 15 is 0 Å². The van der Waals surface area contributed by atoms with E-state index < -0.39 is 0 Å². The molecule has 2 N–H and O–H groups in total. The third kappa shape index (κ3) is 3.19. The molecule has 0 bridgehead atoms. The molecule has 4 heteroatoms. The predicted molar refractivity (Wildman–Crippen MR) is 64.1 cm³/mol. The highest BCUT2D eigenvalue weighted by molar-refractivity contribution is 5.81. The van der Waals surface area contributed by atoms with E-state index in [1.807, 2.05) is 6.92 Å². The number of nitrogens with zero attached hydrogens (tertiary/aromatic N) is 1. The Morgan fingerprint density at radius 2 is 2.00 bits per heavy atom. The molecule has 0 aromatic rings. The summed E-state index contributed by atoms with van der Waals surface area (Å²) in [6.45, 7) is 8.03. The molecule has 1 saturated heterocycles. The molecular formula is C12H24N2O2. The lowest BCUT2D eigenvalue weighted by Gasteiger charge is -2.41. The van der Waals surface area contributed by atoms with Gasteiger partial charge in [0.2, 0.25) is 5.91 Å². The average molecular weight is 228 g/mol. The maximum Gasteiger partial charge on any atom is 0.237 e. The molecule has 4 nitrogen and oxygen atoms in total.